The van der Waals surface area contributed by atoms with Crippen LogP contribution in [0, 0.1) is 13.8 Å². The van der Waals surface area contributed by atoms with E-state index in [1.807, 2.05) is 43.1 Å². The first-order valence-corrected chi connectivity index (χ1v) is 6.98. The molecule has 0 saturated carbocycles. The van der Waals surface area contributed by atoms with E-state index in [9.17, 15) is 0 Å². The fraction of sp³-hybridized carbons (Fsp3) is 0.333. The molecule has 0 aliphatic carbocycles. The Kier molecular flexibility index (Phi) is 4.74. The number of rotatable bonds is 6. The highest BCUT2D eigenvalue weighted by Crippen LogP contribution is 2.25. The minimum Gasteiger partial charge on any atom is -0.493 e. The summed E-state index contributed by atoms with van der Waals surface area (Å²) in [7, 11) is 0. The van der Waals surface area contributed by atoms with Crippen molar-refractivity contribution in [2.24, 2.45) is 5.73 Å². The van der Waals surface area contributed by atoms with Crippen LogP contribution in [0.4, 0.5) is 0 Å². The van der Waals surface area contributed by atoms with Crippen molar-refractivity contribution in [3.63, 3.8) is 0 Å². The summed E-state index contributed by atoms with van der Waals surface area (Å²) in [6.45, 7) is 5.61. The fourth-order valence-electron chi connectivity index (χ4n) is 2.16. The van der Waals surface area contributed by atoms with E-state index in [1.165, 1.54) is 0 Å². The maximum atomic E-state index is 5.88. The average Bonchev–Trinajstić information content (AvgIpc) is 2.89. The van der Waals surface area contributed by atoms with Gasteiger partial charge < -0.3 is 15.0 Å². The Morgan fingerprint density at radius 1 is 1.35 bits per heavy atom. The number of aryl methyl sites for hydroxylation is 3. The van der Waals surface area contributed by atoms with Crippen LogP contribution in [0.5, 0.6) is 5.75 Å². The number of nitrogens with zero attached hydrogens (tertiary/aromatic N) is 2. The molecule has 0 radical (unpaired) electrons. The van der Waals surface area contributed by atoms with Gasteiger partial charge in [0.15, 0.2) is 0 Å². The Morgan fingerprint density at radius 2 is 2.05 bits per heavy atom. The van der Waals surface area contributed by atoms with Crippen LogP contribution in [0.25, 0.3) is 0 Å². The van der Waals surface area contributed by atoms with E-state index < -0.39 is 0 Å². The molecule has 2 N–H and O–H groups in total. The van der Waals surface area contributed by atoms with E-state index in [4.69, 9.17) is 22.7 Å². The summed E-state index contributed by atoms with van der Waals surface area (Å²) < 4.78 is 7.92. The summed E-state index contributed by atoms with van der Waals surface area (Å²) in [4.78, 5) is 4.43. The van der Waals surface area contributed by atoms with E-state index in [2.05, 4.69) is 4.98 Å². The van der Waals surface area contributed by atoms with Gasteiger partial charge in [-0.25, -0.2) is 4.98 Å². The molecule has 5 heteroatoms. The lowest BCUT2D eigenvalue weighted by atomic mass is 10.1. The van der Waals surface area contributed by atoms with Crippen LogP contribution in [-0.4, -0.2) is 21.1 Å². The van der Waals surface area contributed by atoms with Gasteiger partial charge in [0.25, 0.3) is 0 Å². The highest BCUT2D eigenvalue weighted by Gasteiger charge is 2.07. The lowest BCUT2D eigenvalue weighted by molar-refractivity contribution is 0.298. The molecule has 0 spiro atoms. The zero-order valence-corrected chi connectivity index (χ0v) is 12.6. The monoisotopic (exact) mass is 289 g/mol. The van der Waals surface area contributed by atoms with Crippen molar-refractivity contribution in [1.82, 2.24) is 9.55 Å². The van der Waals surface area contributed by atoms with Crippen LogP contribution < -0.4 is 10.5 Å². The average molecular weight is 289 g/mol. The molecule has 0 aliphatic rings. The van der Waals surface area contributed by atoms with Gasteiger partial charge in [0.2, 0.25) is 0 Å². The minimum absolute atomic E-state index is 0.419. The molecule has 2 rings (SSSR count). The van der Waals surface area contributed by atoms with Gasteiger partial charge in [-0.2, -0.15) is 0 Å². The van der Waals surface area contributed by atoms with Crippen molar-refractivity contribution in [2.75, 3.05) is 6.61 Å². The summed E-state index contributed by atoms with van der Waals surface area (Å²) >= 11 is 5.00. The zero-order valence-electron chi connectivity index (χ0n) is 11.8. The number of ether oxygens (including phenoxy) is 1. The predicted molar refractivity (Wildman–Crippen MR) is 84.1 cm³/mol. The first-order chi connectivity index (χ1) is 9.58. The summed E-state index contributed by atoms with van der Waals surface area (Å²) in [5, 5.41) is 0. The van der Waals surface area contributed by atoms with Crippen LogP contribution >= 0.6 is 12.2 Å². The molecule has 0 atom stereocenters. The summed E-state index contributed by atoms with van der Waals surface area (Å²) in [6, 6.07) is 3.95. The minimum atomic E-state index is 0.419. The molecule has 20 heavy (non-hydrogen) atoms. The summed E-state index contributed by atoms with van der Waals surface area (Å²) in [5.41, 5.74) is 8.68. The number of aromatic nitrogens is 2. The van der Waals surface area contributed by atoms with Crippen LogP contribution in [0.1, 0.15) is 23.1 Å². The van der Waals surface area contributed by atoms with E-state index in [0.29, 0.717) is 11.6 Å². The number of thiocarbonyl (C=S) groups is 1. The van der Waals surface area contributed by atoms with Gasteiger partial charge in [0.05, 0.1) is 12.9 Å². The number of hydrogen-bond acceptors (Lipinski definition) is 3. The normalized spacial score (nSPS) is 10.5. The van der Waals surface area contributed by atoms with Crippen LogP contribution in [0.15, 0.2) is 30.9 Å². The van der Waals surface area contributed by atoms with E-state index >= 15 is 0 Å². The molecule has 0 aliphatic heterocycles. The van der Waals surface area contributed by atoms with Gasteiger partial charge in [0, 0.05) is 24.5 Å². The van der Waals surface area contributed by atoms with E-state index in [0.717, 1.165) is 35.4 Å². The topological polar surface area (TPSA) is 53.1 Å². The SMILES string of the molecule is Cc1cc(C(N)=S)cc(C)c1OCCCn1ccnc1. The van der Waals surface area contributed by atoms with Crippen LogP contribution in [0.2, 0.25) is 0 Å². The third kappa shape index (κ3) is 3.57. The van der Waals surface area contributed by atoms with Gasteiger partial charge in [-0.3, -0.25) is 0 Å². The van der Waals surface area contributed by atoms with Gasteiger partial charge in [0.1, 0.15) is 10.7 Å². The summed E-state index contributed by atoms with van der Waals surface area (Å²) in [5.74, 6) is 0.927. The molecule has 0 bridgehead atoms. The number of hydrogen-bond donors (Lipinski definition) is 1. The Hall–Kier alpha value is -1.88. The maximum absolute atomic E-state index is 5.88. The van der Waals surface area contributed by atoms with Gasteiger partial charge in [-0.15, -0.1) is 0 Å². The van der Waals surface area contributed by atoms with Crippen molar-refractivity contribution < 1.29 is 4.74 Å². The second-order valence-corrected chi connectivity index (χ2v) is 5.25. The van der Waals surface area contributed by atoms with Gasteiger partial charge in [-0.05, 0) is 43.5 Å². The highest BCUT2D eigenvalue weighted by atomic mass is 32.1. The third-order valence-corrected chi connectivity index (χ3v) is 3.35. The largest absolute Gasteiger partial charge is 0.493 e. The molecular formula is C15H19N3OS. The Bertz CT molecular complexity index is 570. The third-order valence-electron chi connectivity index (χ3n) is 3.11. The first kappa shape index (κ1) is 14.5. The summed E-state index contributed by atoms with van der Waals surface area (Å²) in [6.07, 6.45) is 6.48. The van der Waals surface area contributed by atoms with Crippen LogP contribution in [-0.2, 0) is 6.54 Å². The molecule has 0 amide bonds. The molecule has 0 saturated heterocycles. The second kappa shape index (κ2) is 6.52. The number of benzene rings is 1. The maximum Gasteiger partial charge on any atom is 0.125 e. The quantitative estimate of drug-likeness (QED) is 0.656. The van der Waals surface area contributed by atoms with Crippen molar-refractivity contribution in [1.29, 1.82) is 0 Å². The van der Waals surface area contributed by atoms with E-state index in [1.54, 1.807) is 6.20 Å². The van der Waals surface area contributed by atoms with E-state index in [-0.39, 0.29) is 0 Å². The van der Waals surface area contributed by atoms with Crippen molar-refractivity contribution in [2.45, 2.75) is 26.8 Å². The smallest absolute Gasteiger partial charge is 0.125 e. The number of imidazole rings is 1. The molecule has 1 aromatic carbocycles. The molecule has 1 heterocycles. The Morgan fingerprint density at radius 3 is 2.60 bits per heavy atom. The standard InChI is InChI=1S/C15H19N3OS/c1-11-8-13(15(16)20)9-12(2)14(11)19-7-3-5-18-6-4-17-10-18/h4,6,8-10H,3,5,7H2,1-2H3,(H2,16,20). The van der Waals surface area contributed by atoms with Crippen LogP contribution in [0.3, 0.4) is 0 Å². The van der Waals surface area contributed by atoms with Crippen molar-refractivity contribution in [3.8, 4) is 5.75 Å². The lowest BCUT2D eigenvalue weighted by Gasteiger charge is -2.14. The van der Waals surface area contributed by atoms with Gasteiger partial charge in [-0.1, -0.05) is 12.2 Å². The molecule has 0 fully saturated rings. The molecule has 1 aromatic heterocycles. The first-order valence-electron chi connectivity index (χ1n) is 6.57. The lowest BCUT2D eigenvalue weighted by Crippen LogP contribution is -2.11. The highest BCUT2D eigenvalue weighted by molar-refractivity contribution is 7.80. The Labute approximate surface area is 124 Å². The van der Waals surface area contributed by atoms with Crippen molar-refractivity contribution >= 4 is 17.2 Å². The predicted octanol–water partition coefficient (Wildman–Crippen LogP) is 2.60. The molecule has 4 nitrogen and oxygen atoms in total. The molecule has 0 unspecified atom stereocenters. The van der Waals surface area contributed by atoms with Gasteiger partial charge >= 0.3 is 0 Å². The Balaban J connectivity index is 1.94. The molecular weight excluding hydrogens is 270 g/mol. The number of nitrogens with two attached hydrogens (primary N) is 1. The molecule has 2 aromatic rings. The fourth-order valence-corrected chi connectivity index (χ4v) is 2.28. The molecule has 106 valence electrons. The van der Waals surface area contributed by atoms with Crippen molar-refractivity contribution in [3.05, 3.63) is 47.5 Å². The second-order valence-electron chi connectivity index (χ2n) is 4.81. The zero-order chi connectivity index (χ0) is 14.5.